The van der Waals surface area contributed by atoms with Gasteiger partial charge in [0.05, 0.1) is 24.7 Å². The number of amides is 1. The molecular weight excluding hydrogens is 294 g/mol. The van der Waals surface area contributed by atoms with E-state index in [1.807, 2.05) is 0 Å². The summed E-state index contributed by atoms with van der Waals surface area (Å²) >= 11 is 1.52. The molecule has 7 heteroatoms. The second kappa shape index (κ2) is 5.47. The maximum Gasteiger partial charge on any atom is 0.356 e. The van der Waals surface area contributed by atoms with Gasteiger partial charge in [0, 0.05) is 10.7 Å². The van der Waals surface area contributed by atoms with Gasteiger partial charge in [-0.05, 0) is 6.92 Å². The van der Waals surface area contributed by atoms with Crippen LogP contribution in [0.2, 0.25) is 0 Å². The fraction of sp³-hybridized carbons (Fsp3) is 0.571. The number of hydrogen-bond donors (Lipinski definition) is 1. The van der Waals surface area contributed by atoms with Crippen molar-refractivity contribution in [3.8, 4) is 0 Å². The average molecular weight is 311 g/mol. The van der Waals surface area contributed by atoms with Gasteiger partial charge < -0.3 is 14.6 Å². The normalized spacial score (nSPS) is 32.2. The first kappa shape index (κ1) is 14.6. The molecule has 1 amide bonds. The van der Waals surface area contributed by atoms with Gasteiger partial charge >= 0.3 is 5.97 Å². The number of carbonyl (C=O) groups is 2. The van der Waals surface area contributed by atoms with E-state index >= 15 is 0 Å². The largest absolute Gasteiger partial charge is 0.457 e. The molecule has 0 aromatic carbocycles. The molecule has 0 unspecified atom stereocenters. The van der Waals surface area contributed by atoms with Gasteiger partial charge in [0.15, 0.2) is 0 Å². The summed E-state index contributed by atoms with van der Waals surface area (Å²) in [6, 6.07) is -0.299. The molecule has 114 valence electrons. The molecule has 2 fully saturated rings. The number of hydrogen-bond acceptors (Lipinski definition) is 6. The molecule has 21 heavy (non-hydrogen) atoms. The van der Waals surface area contributed by atoms with Gasteiger partial charge in [0.25, 0.3) is 0 Å². The molecule has 0 aromatic rings. The summed E-state index contributed by atoms with van der Waals surface area (Å²) in [4.78, 5) is 26.7. The lowest BCUT2D eigenvalue weighted by molar-refractivity contribution is -0.168. The van der Waals surface area contributed by atoms with Crippen LogP contribution in [0.1, 0.15) is 6.92 Å². The fourth-order valence-electron chi connectivity index (χ4n) is 3.07. The Morgan fingerprint density at radius 3 is 3.14 bits per heavy atom. The molecular formula is C14H17NO5S. The third kappa shape index (κ3) is 2.11. The summed E-state index contributed by atoms with van der Waals surface area (Å²) < 4.78 is 10.8. The number of nitrogens with zero attached hydrogens (tertiary/aromatic N) is 1. The molecule has 0 bridgehead atoms. The number of thioether (sulfide) groups is 1. The Balaban J connectivity index is 1.92. The van der Waals surface area contributed by atoms with E-state index in [1.54, 1.807) is 6.92 Å². The number of ether oxygens (including phenoxy) is 2. The van der Waals surface area contributed by atoms with E-state index in [9.17, 15) is 14.7 Å². The zero-order valence-electron chi connectivity index (χ0n) is 11.7. The van der Waals surface area contributed by atoms with Crippen molar-refractivity contribution in [1.29, 1.82) is 0 Å². The van der Waals surface area contributed by atoms with E-state index < -0.39 is 18.0 Å². The molecule has 0 spiro atoms. The van der Waals surface area contributed by atoms with Crippen LogP contribution in [0.25, 0.3) is 0 Å². The highest BCUT2D eigenvalue weighted by Crippen LogP contribution is 2.50. The van der Waals surface area contributed by atoms with E-state index in [0.717, 1.165) is 10.7 Å². The van der Waals surface area contributed by atoms with Crippen LogP contribution in [0.5, 0.6) is 0 Å². The molecule has 0 radical (unpaired) electrons. The number of aliphatic hydroxyl groups is 1. The molecule has 3 rings (SSSR count). The van der Waals surface area contributed by atoms with Crippen molar-refractivity contribution >= 4 is 23.6 Å². The smallest absolute Gasteiger partial charge is 0.356 e. The average Bonchev–Trinajstić information content (AvgIpc) is 2.75. The topological polar surface area (TPSA) is 76.1 Å². The third-order valence-electron chi connectivity index (χ3n) is 3.92. The third-order valence-corrected chi connectivity index (χ3v) is 5.02. The Bertz CT molecular complexity index is 529. The lowest BCUT2D eigenvalue weighted by atomic mass is 9.82. The Kier molecular flexibility index (Phi) is 3.81. The maximum atomic E-state index is 12.3. The van der Waals surface area contributed by atoms with Crippen molar-refractivity contribution in [2.45, 2.75) is 25.2 Å². The number of aliphatic hydroxyl groups excluding tert-OH is 1. The van der Waals surface area contributed by atoms with Crippen LogP contribution in [0, 0.1) is 5.92 Å². The lowest BCUT2D eigenvalue weighted by Crippen LogP contribution is -2.65. The summed E-state index contributed by atoms with van der Waals surface area (Å²) in [6.45, 7) is 5.75. The standard InChI is InChI=1S/C14H17NO5S/c1-3-4-20-14(18)10-12-11(19-5-6-21-12)9-8(7(2)16)13(17)15(9)10/h3,7-9,11,16H,1,4-6H2,2H3/t7-,8-,9+,11-/m1/s1. The van der Waals surface area contributed by atoms with E-state index in [2.05, 4.69) is 6.58 Å². The van der Waals surface area contributed by atoms with E-state index in [1.165, 1.54) is 22.7 Å². The highest BCUT2D eigenvalue weighted by atomic mass is 32.2. The number of β-lactam (4-membered cyclic amide) rings is 1. The van der Waals surface area contributed by atoms with Gasteiger partial charge in [-0.15, -0.1) is 11.8 Å². The summed E-state index contributed by atoms with van der Waals surface area (Å²) in [6.07, 6.45) is 0.389. The molecule has 0 aromatic heterocycles. The first-order chi connectivity index (χ1) is 10.1. The maximum absolute atomic E-state index is 12.3. The Labute approximate surface area is 126 Å². The minimum Gasteiger partial charge on any atom is -0.457 e. The molecule has 3 heterocycles. The van der Waals surface area contributed by atoms with Gasteiger partial charge in [0.2, 0.25) is 5.91 Å². The first-order valence-corrected chi connectivity index (χ1v) is 7.84. The van der Waals surface area contributed by atoms with Crippen LogP contribution in [0.4, 0.5) is 0 Å². The van der Waals surface area contributed by atoms with Gasteiger partial charge in [-0.2, -0.15) is 0 Å². The van der Waals surface area contributed by atoms with Crippen LogP contribution in [0.15, 0.2) is 23.3 Å². The first-order valence-electron chi connectivity index (χ1n) is 6.85. The van der Waals surface area contributed by atoms with Crippen LogP contribution in [0.3, 0.4) is 0 Å². The summed E-state index contributed by atoms with van der Waals surface area (Å²) in [5, 5.41) is 9.79. The van der Waals surface area contributed by atoms with Crippen LogP contribution < -0.4 is 0 Å². The molecule has 1 N–H and O–H groups in total. The van der Waals surface area contributed by atoms with Crippen LogP contribution >= 0.6 is 11.8 Å². The Morgan fingerprint density at radius 2 is 2.48 bits per heavy atom. The van der Waals surface area contributed by atoms with Crippen molar-refractivity contribution in [1.82, 2.24) is 4.90 Å². The summed E-state index contributed by atoms with van der Waals surface area (Å²) in [7, 11) is 0. The van der Waals surface area contributed by atoms with E-state index in [-0.39, 0.29) is 30.4 Å². The molecule has 6 nitrogen and oxygen atoms in total. The molecule has 0 saturated carbocycles. The highest BCUT2D eigenvalue weighted by molar-refractivity contribution is 8.03. The fourth-order valence-corrected chi connectivity index (χ4v) is 4.16. The van der Waals surface area contributed by atoms with Crippen LogP contribution in [-0.2, 0) is 19.1 Å². The lowest BCUT2D eigenvalue weighted by Gasteiger charge is -2.46. The summed E-state index contributed by atoms with van der Waals surface area (Å²) in [5.74, 6) is -0.564. The van der Waals surface area contributed by atoms with Gasteiger partial charge in [-0.3, -0.25) is 9.69 Å². The zero-order chi connectivity index (χ0) is 15.1. The quantitative estimate of drug-likeness (QED) is 0.457. The molecule has 0 aliphatic carbocycles. The Morgan fingerprint density at radius 1 is 1.71 bits per heavy atom. The second-order valence-corrected chi connectivity index (χ2v) is 6.34. The number of fused-ring (bicyclic) bond motifs is 3. The number of carbonyl (C=O) groups excluding carboxylic acids is 2. The van der Waals surface area contributed by atoms with Crippen LogP contribution in [-0.4, -0.2) is 59.1 Å². The van der Waals surface area contributed by atoms with E-state index in [4.69, 9.17) is 9.47 Å². The van der Waals surface area contributed by atoms with Crippen molar-refractivity contribution in [3.63, 3.8) is 0 Å². The molecule has 3 aliphatic heterocycles. The number of esters is 1. The van der Waals surface area contributed by atoms with Crippen molar-refractivity contribution in [3.05, 3.63) is 23.3 Å². The predicted octanol–water partition coefficient (Wildman–Crippen LogP) is 0.281. The molecule has 4 atom stereocenters. The monoisotopic (exact) mass is 311 g/mol. The Hall–Kier alpha value is -1.31. The SMILES string of the molecule is C=CCOC(=O)C1=C2SCCO[C@@H]2[C@@H]2[C@@H]([C@@H](C)O)C(=O)N12. The van der Waals surface area contributed by atoms with E-state index in [0.29, 0.717) is 6.61 Å². The van der Waals surface area contributed by atoms with Crippen molar-refractivity contribution in [2.75, 3.05) is 19.0 Å². The van der Waals surface area contributed by atoms with Gasteiger partial charge in [0.1, 0.15) is 18.4 Å². The highest BCUT2D eigenvalue weighted by Gasteiger charge is 2.62. The predicted molar refractivity (Wildman–Crippen MR) is 76.2 cm³/mol. The summed E-state index contributed by atoms with van der Waals surface area (Å²) in [5.41, 5.74) is 0.276. The minimum atomic E-state index is -0.765. The molecule has 3 aliphatic rings. The number of rotatable bonds is 4. The van der Waals surface area contributed by atoms with Crippen molar-refractivity contribution < 1.29 is 24.2 Å². The minimum absolute atomic E-state index is 0.0956. The van der Waals surface area contributed by atoms with Gasteiger partial charge in [-0.25, -0.2) is 4.79 Å². The second-order valence-electron chi connectivity index (χ2n) is 5.21. The molecule has 2 saturated heterocycles. The van der Waals surface area contributed by atoms with Gasteiger partial charge in [-0.1, -0.05) is 12.7 Å². The van der Waals surface area contributed by atoms with Crippen molar-refractivity contribution in [2.24, 2.45) is 5.92 Å². The zero-order valence-corrected chi connectivity index (χ0v) is 12.5.